The lowest BCUT2D eigenvalue weighted by molar-refractivity contribution is -2.00. The van der Waals surface area contributed by atoms with Crippen molar-refractivity contribution < 1.29 is 43.1 Å². The summed E-state index contributed by atoms with van der Waals surface area (Å²) in [6.45, 7) is 20.1. The number of carbonyl (C=O) groups is 1. The van der Waals surface area contributed by atoms with Gasteiger partial charge < -0.3 is 14.4 Å². The summed E-state index contributed by atoms with van der Waals surface area (Å²) in [6.07, 6.45) is 8.22. The molecule has 0 bridgehead atoms. The van der Waals surface area contributed by atoms with Crippen molar-refractivity contribution in [1.82, 2.24) is 4.58 Å². The van der Waals surface area contributed by atoms with Gasteiger partial charge in [0, 0.05) is 59.6 Å². The van der Waals surface area contributed by atoms with Crippen LogP contribution in [0.15, 0.2) is 60.7 Å². The third kappa shape index (κ3) is 7.10. The Morgan fingerprint density at radius 3 is 2.20 bits per heavy atom. The molecule has 0 unspecified atom stereocenters. The van der Waals surface area contributed by atoms with E-state index in [1.165, 1.54) is 39.7 Å². The van der Waals surface area contributed by atoms with Crippen molar-refractivity contribution in [3.05, 3.63) is 99.1 Å². The van der Waals surface area contributed by atoms with E-state index in [0.29, 0.717) is 18.1 Å². The van der Waals surface area contributed by atoms with Gasteiger partial charge in [0.1, 0.15) is 18.0 Å². The summed E-state index contributed by atoms with van der Waals surface area (Å²) in [5.41, 5.74) is 9.31. The summed E-state index contributed by atoms with van der Waals surface area (Å²) in [5, 5.41) is 2.18. The molecule has 270 valence electrons. The monoisotopic (exact) mass is 714 g/mol. The molecular weight excluding hydrogens is 668 g/mol. The number of ether oxygens (including phenoxy) is 2. The van der Waals surface area contributed by atoms with E-state index in [1.807, 2.05) is 18.2 Å². The zero-order valence-corrected chi connectivity index (χ0v) is 31.5. The highest BCUT2D eigenvalue weighted by atomic mass is 35.7. The molecule has 1 saturated carbocycles. The number of halogens is 1. The number of hydrogen-bond donors (Lipinski definition) is 0. The number of fused-ring (bicyclic) bond motifs is 4. The largest absolute Gasteiger partial charge is 0.462 e. The lowest BCUT2D eigenvalue weighted by Crippen LogP contribution is -2.68. The highest BCUT2D eigenvalue weighted by Gasteiger charge is 2.36. The predicted octanol–water partition coefficient (Wildman–Crippen LogP) is 2.97. The fourth-order valence-electron chi connectivity index (χ4n) is 8.29. The number of nitrogens with zero attached hydrogens (tertiary/aromatic N) is 2. The van der Waals surface area contributed by atoms with Gasteiger partial charge >= 0.3 is 5.97 Å². The molecule has 3 aromatic rings. The molecule has 0 amide bonds. The Balaban J connectivity index is 0.000000839. The summed E-state index contributed by atoms with van der Waals surface area (Å²) in [7, 11) is -4.94. The summed E-state index contributed by atoms with van der Waals surface area (Å²) < 4.78 is 49.3. The van der Waals surface area contributed by atoms with Crippen molar-refractivity contribution in [2.75, 3.05) is 24.6 Å². The number of benzene rings is 3. The van der Waals surface area contributed by atoms with Crippen molar-refractivity contribution in [3.8, 4) is 11.5 Å². The molecule has 1 fully saturated rings. The van der Waals surface area contributed by atoms with E-state index in [9.17, 15) is 4.79 Å². The zero-order chi connectivity index (χ0) is 37.0. The molecule has 3 aliphatic heterocycles. The molecular formula is C41H47ClN2O7. The second-order valence-electron chi connectivity index (χ2n) is 15.0. The number of rotatable bonds is 6. The van der Waals surface area contributed by atoms with E-state index in [-0.39, 0.29) is 17.0 Å². The molecule has 10 heteroatoms. The Kier molecular flexibility index (Phi) is 9.76. The third-order valence-electron chi connectivity index (χ3n) is 10.6. The molecule has 0 N–H and O–H groups in total. The van der Waals surface area contributed by atoms with Crippen LogP contribution in [0.4, 0.5) is 5.69 Å². The fraction of sp³-hybridized carbons (Fsp3) is 0.415. The minimum Gasteiger partial charge on any atom is -0.462 e. The molecule has 3 heterocycles. The quantitative estimate of drug-likeness (QED) is 0.220. The van der Waals surface area contributed by atoms with E-state index in [1.54, 1.807) is 0 Å². The highest BCUT2D eigenvalue weighted by molar-refractivity contribution is 6.00. The first-order chi connectivity index (χ1) is 23.9. The Morgan fingerprint density at radius 1 is 0.902 bits per heavy atom. The van der Waals surface area contributed by atoms with Gasteiger partial charge in [0.05, 0.1) is 23.8 Å². The zero-order valence-electron chi connectivity index (χ0n) is 30.7. The second-order valence-corrected chi connectivity index (χ2v) is 15.7. The minimum atomic E-state index is -4.94. The molecule has 51 heavy (non-hydrogen) atoms. The van der Waals surface area contributed by atoms with E-state index >= 15 is 0 Å². The summed E-state index contributed by atoms with van der Waals surface area (Å²) in [6, 6.07) is 17.0. The van der Waals surface area contributed by atoms with E-state index in [0.717, 1.165) is 59.3 Å². The average molecular weight is 715 g/mol. The molecule has 7 rings (SSSR count). The Labute approximate surface area is 302 Å². The number of esters is 1. The van der Waals surface area contributed by atoms with Gasteiger partial charge in [0.15, 0.2) is 5.54 Å². The first-order valence-electron chi connectivity index (χ1n) is 17.7. The lowest BCUT2D eigenvalue weighted by Gasteiger charge is -2.43. The van der Waals surface area contributed by atoms with Crippen molar-refractivity contribution in [2.45, 2.75) is 85.7 Å². The number of allylic oxidation sites excluding steroid dienone is 2. The van der Waals surface area contributed by atoms with Gasteiger partial charge in [-0.1, -0.05) is 30.7 Å². The molecule has 3 aromatic carbocycles. The lowest BCUT2D eigenvalue weighted by atomic mass is 9.83. The molecule has 0 aromatic heterocycles. The fourth-order valence-corrected chi connectivity index (χ4v) is 8.29. The maximum absolute atomic E-state index is 13.8. The van der Waals surface area contributed by atoms with Gasteiger partial charge in [0.2, 0.25) is 5.36 Å². The third-order valence-corrected chi connectivity index (χ3v) is 10.6. The van der Waals surface area contributed by atoms with Gasteiger partial charge in [-0.3, -0.25) is 0 Å². The number of hydrogen-bond acceptors (Lipinski definition) is 8. The molecule has 9 nitrogen and oxygen atoms in total. The first kappa shape index (κ1) is 36.8. The topological polar surface area (TPSA) is 134 Å². The molecule has 0 atom stereocenters. The Morgan fingerprint density at radius 2 is 1.57 bits per heavy atom. The maximum Gasteiger partial charge on any atom is 0.338 e. The Hall–Kier alpha value is -3.99. The van der Waals surface area contributed by atoms with Crippen LogP contribution in [0.2, 0.25) is 0 Å². The van der Waals surface area contributed by atoms with E-state index in [4.69, 9.17) is 28.1 Å². The molecule has 0 spiro atoms. The van der Waals surface area contributed by atoms with Crippen LogP contribution in [-0.4, -0.2) is 36.7 Å². The predicted molar refractivity (Wildman–Crippen MR) is 188 cm³/mol. The van der Waals surface area contributed by atoms with Crippen molar-refractivity contribution in [3.63, 3.8) is 0 Å². The van der Waals surface area contributed by atoms with Crippen LogP contribution in [0.25, 0.3) is 16.7 Å². The van der Waals surface area contributed by atoms with Crippen LogP contribution in [0.3, 0.4) is 0 Å². The van der Waals surface area contributed by atoms with Crippen LogP contribution < -0.4 is 43.4 Å². The average Bonchev–Trinajstić information content (AvgIpc) is 3.00. The Bertz CT molecular complexity index is 2080. The molecule has 0 saturated heterocycles. The van der Waals surface area contributed by atoms with Crippen molar-refractivity contribution >= 4 is 28.4 Å². The summed E-state index contributed by atoms with van der Waals surface area (Å²) in [5.74, 6) is 1.85. The summed E-state index contributed by atoms with van der Waals surface area (Å²) >= 11 is 0. The maximum atomic E-state index is 13.8. The van der Waals surface area contributed by atoms with Crippen LogP contribution >= 0.6 is 0 Å². The molecule has 0 radical (unpaired) electrons. The van der Waals surface area contributed by atoms with Gasteiger partial charge in [-0.15, -0.1) is 10.2 Å². The number of carbonyl (C=O) groups excluding carboxylic acids is 1. The number of likely N-dealkylation sites (N-methyl/N-ethyl adjacent to an activating group) is 2. The smallest absolute Gasteiger partial charge is 0.338 e. The van der Waals surface area contributed by atoms with Crippen LogP contribution in [-0.2, 0) is 4.74 Å². The number of anilines is 1. The minimum absolute atomic E-state index is 0.119. The van der Waals surface area contributed by atoms with Gasteiger partial charge in [-0.05, 0) is 101 Å². The van der Waals surface area contributed by atoms with Crippen LogP contribution in [0.1, 0.15) is 107 Å². The first-order valence-corrected chi connectivity index (χ1v) is 18.9. The second kappa shape index (κ2) is 13.5. The van der Waals surface area contributed by atoms with E-state index < -0.39 is 10.2 Å². The summed E-state index contributed by atoms with van der Waals surface area (Å²) in [4.78, 5) is 16.2. The van der Waals surface area contributed by atoms with Crippen LogP contribution in [0.5, 0.6) is 11.5 Å². The molecule has 4 aliphatic rings. The highest BCUT2D eigenvalue weighted by Crippen LogP contribution is 2.46. The standard InChI is InChI=1S/C41H47N2O3.ClHO4/c1-9-42-34-20-36-32(18-30(34)25(3)22-40(42,5)6)38(28-16-11-12-17-29(28)39(44)45-24-27-14-13-15-27)33-19-31-26(4)23-41(7,8)43(10-2)35(31)21-37(33)46-36;2-1(3,4)5/h11-12,16-23,27H,9-10,13-15,24H2,1-8H3;(H,2,3,4,5)/q+1;/p-1. The van der Waals surface area contributed by atoms with Gasteiger partial charge in [0.25, 0.3) is 0 Å². The molecule has 1 aliphatic carbocycles. The van der Waals surface area contributed by atoms with Crippen molar-refractivity contribution in [1.29, 1.82) is 0 Å². The van der Waals surface area contributed by atoms with Crippen molar-refractivity contribution in [2.24, 2.45) is 5.92 Å². The SMILES string of the molecule is CCN1c2cc3c(cc2C(C)=CC1(C)C)C(c1ccccc1C(=O)OCC1CCC1)=c1cc2c(cc1O3)=[N+](CC)C(C)(C)C=C2C.[O-][Cl+3]([O-])([O-])[O-]. The van der Waals surface area contributed by atoms with E-state index in [2.05, 4.69) is 107 Å². The van der Waals surface area contributed by atoms with Crippen LogP contribution in [0, 0.1) is 16.2 Å². The normalized spacial score (nSPS) is 18.4. The van der Waals surface area contributed by atoms with Gasteiger partial charge in [-0.2, -0.15) is 0 Å². The van der Waals surface area contributed by atoms with Gasteiger partial charge in [-0.25, -0.2) is 28.0 Å².